The van der Waals surface area contributed by atoms with Gasteiger partial charge in [-0.25, -0.2) is 0 Å². The van der Waals surface area contributed by atoms with Crippen LogP contribution in [0.4, 0.5) is 0 Å². The number of nitrogens with zero attached hydrogens (tertiary/aromatic N) is 2. The Kier molecular flexibility index (Phi) is 6.99. The van der Waals surface area contributed by atoms with Gasteiger partial charge in [0.25, 0.3) is 11.8 Å². The van der Waals surface area contributed by atoms with E-state index in [1.54, 1.807) is 60.2 Å². The zero-order chi connectivity index (χ0) is 20.8. The van der Waals surface area contributed by atoms with E-state index in [4.69, 9.17) is 21.1 Å². The number of benzene rings is 2. The molecule has 29 heavy (non-hydrogen) atoms. The Bertz CT molecular complexity index is 856. The Morgan fingerprint density at radius 3 is 2.34 bits per heavy atom. The first kappa shape index (κ1) is 21.0. The van der Waals surface area contributed by atoms with Gasteiger partial charge in [-0.05, 0) is 49.7 Å². The average molecular weight is 417 g/mol. The van der Waals surface area contributed by atoms with Crippen molar-refractivity contribution in [1.82, 2.24) is 9.80 Å². The number of hydrogen-bond donors (Lipinski definition) is 0. The third kappa shape index (κ3) is 5.21. The van der Waals surface area contributed by atoms with Crippen LogP contribution in [0.3, 0.4) is 0 Å². The summed E-state index contributed by atoms with van der Waals surface area (Å²) in [5.74, 6) is 0.978. The summed E-state index contributed by atoms with van der Waals surface area (Å²) in [7, 11) is 1.55. The van der Waals surface area contributed by atoms with Crippen molar-refractivity contribution in [3.8, 4) is 11.5 Å². The topological polar surface area (TPSA) is 59.1 Å². The summed E-state index contributed by atoms with van der Waals surface area (Å²) in [6, 6.07) is 14.1. The van der Waals surface area contributed by atoms with Crippen LogP contribution in [0.25, 0.3) is 0 Å². The molecule has 0 N–H and O–H groups in total. The third-order valence-electron chi connectivity index (χ3n) is 4.91. The van der Waals surface area contributed by atoms with E-state index in [1.165, 1.54) is 0 Å². The van der Waals surface area contributed by atoms with Crippen molar-refractivity contribution in [1.29, 1.82) is 0 Å². The summed E-state index contributed by atoms with van der Waals surface area (Å²) in [5.41, 5.74) is 0.536. The van der Waals surface area contributed by atoms with E-state index in [2.05, 4.69) is 0 Å². The Hall–Kier alpha value is -2.73. The van der Waals surface area contributed by atoms with Gasteiger partial charge >= 0.3 is 0 Å². The fraction of sp³-hybridized carbons (Fsp3) is 0.364. The Morgan fingerprint density at radius 1 is 0.966 bits per heavy atom. The van der Waals surface area contributed by atoms with E-state index in [0.29, 0.717) is 54.7 Å². The highest BCUT2D eigenvalue weighted by atomic mass is 35.5. The second kappa shape index (κ2) is 9.65. The monoisotopic (exact) mass is 416 g/mol. The van der Waals surface area contributed by atoms with Gasteiger partial charge in [-0.2, -0.15) is 0 Å². The highest BCUT2D eigenvalue weighted by Gasteiger charge is 2.27. The molecule has 154 valence electrons. The highest BCUT2D eigenvalue weighted by molar-refractivity contribution is 6.30. The van der Waals surface area contributed by atoms with Crippen LogP contribution < -0.4 is 9.47 Å². The summed E-state index contributed by atoms with van der Waals surface area (Å²) in [6.07, 6.45) is 0.0907. The molecule has 1 atom stereocenters. The summed E-state index contributed by atoms with van der Waals surface area (Å²) < 4.78 is 11.1. The number of amides is 2. The van der Waals surface area contributed by atoms with E-state index >= 15 is 0 Å². The molecule has 1 heterocycles. The quantitative estimate of drug-likeness (QED) is 0.748. The molecule has 3 rings (SSSR count). The predicted molar refractivity (Wildman–Crippen MR) is 112 cm³/mol. The third-order valence-corrected chi connectivity index (χ3v) is 5.16. The van der Waals surface area contributed by atoms with Crippen molar-refractivity contribution >= 4 is 23.4 Å². The number of carbonyl (C=O) groups excluding carboxylic acids is 2. The van der Waals surface area contributed by atoms with Crippen LogP contribution >= 0.6 is 11.6 Å². The fourth-order valence-electron chi connectivity index (χ4n) is 3.36. The molecule has 0 aromatic heterocycles. The first-order valence-electron chi connectivity index (χ1n) is 9.63. The zero-order valence-electron chi connectivity index (χ0n) is 16.6. The number of rotatable bonds is 5. The molecule has 0 radical (unpaired) electrons. The van der Waals surface area contributed by atoms with Crippen molar-refractivity contribution in [2.75, 3.05) is 33.3 Å². The average Bonchev–Trinajstić information content (AvgIpc) is 3.00. The molecule has 0 bridgehead atoms. The SMILES string of the molecule is COc1ccccc1C(=O)N1CCCN(C(=O)C(C)Oc2ccc(Cl)cc2)CC1. The number of halogens is 1. The van der Waals surface area contributed by atoms with Gasteiger partial charge in [0, 0.05) is 31.2 Å². The van der Waals surface area contributed by atoms with Crippen LogP contribution in [-0.2, 0) is 4.79 Å². The molecule has 6 nitrogen and oxygen atoms in total. The number of methoxy groups -OCH3 is 1. The van der Waals surface area contributed by atoms with Gasteiger partial charge in [0.05, 0.1) is 12.7 Å². The molecule has 2 aromatic carbocycles. The molecule has 1 fully saturated rings. The predicted octanol–water partition coefficient (Wildman–Crippen LogP) is 3.49. The first-order valence-corrected chi connectivity index (χ1v) is 10.0. The molecule has 1 aliphatic rings. The first-order chi connectivity index (χ1) is 14.0. The molecule has 0 aliphatic carbocycles. The Balaban J connectivity index is 1.60. The lowest BCUT2D eigenvalue weighted by molar-refractivity contribution is -0.137. The van der Waals surface area contributed by atoms with Crippen molar-refractivity contribution in [2.24, 2.45) is 0 Å². The minimum absolute atomic E-state index is 0.0813. The number of hydrogen-bond acceptors (Lipinski definition) is 4. The summed E-state index contributed by atoms with van der Waals surface area (Å²) in [5, 5.41) is 0.614. The normalized spacial score (nSPS) is 15.4. The maximum atomic E-state index is 12.9. The van der Waals surface area contributed by atoms with Gasteiger partial charge < -0.3 is 19.3 Å². The van der Waals surface area contributed by atoms with Crippen LogP contribution in [0.1, 0.15) is 23.7 Å². The molecular weight excluding hydrogens is 392 g/mol. The van der Waals surface area contributed by atoms with Crippen molar-refractivity contribution in [3.05, 3.63) is 59.1 Å². The minimum Gasteiger partial charge on any atom is -0.496 e. The maximum absolute atomic E-state index is 12.9. The standard InChI is InChI=1S/C22H25ClN2O4/c1-16(29-18-10-8-17(23)9-11-18)21(26)24-12-5-13-25(15-14-24)22(27)19-6-3-4-7-20(19)28-2/h3-4,6-11,16H,5,12-15H2,1-2H3. The highest BCUT2D eigenvalue weighted by Crippen LogP contribution is 2.21. The number of ether oxygens (including phenoxy) is 2. The van der Waals surface area contributed by atoms with E-state index < -0.39 is 6.10 Å². The molecule has 7 heteroatoms. The van der Waals surface area contributed by atoms with E-state index in [-0.39, 0.29) is 11.8 Å². The summed E-state index contributed by atoms with van der Waals surface area (Å²) in [4.78, 5) is 29.3. The Morgan fingerprint density at radius 2 is 1.62 bits per heavy atom. The molecule has 0 spiro atoms. The Labute approximate surface area is 176 Å². The lowest BCUT2D eigenvalue weighted by atomic mass is 10.1. The lowest BCUT2D eigenvalue weighted by Crippen LogP contribution is -2.43. The molecule has 2 aromatic rings. The van der Waals surface area contributed by atoms with Gasteiger partial charge in [0.1, 0.15) is 11.5 Å². The van der Waals surface area contributed by atoms with Crippen LogP contribution in [0.2, 0.25) is 5.02 Å². The molecule has 1 unspecified atom stereocenters. The zero-order valence-corrected chi connectivity index (χ0v) is 17.4. The minimum atomic E-state index is -0.618. The number of para-hydroxylation sites is 1. The van der Waals surface area contributed by atoms with Crippen LogP contribution in [0.15, 0.2) is 48.5 Å². The van der Waals surface area contributed by atoms with Gasteiger partial charge in [-0.15, -0.1) is 0 Å². The van der Waals surface area contributed by atoms with Crippen molar-refractivity contribution in [2.45, 2.75) is 19.4 Å². The fourth-order valence-corrected chi connectivity index (χ4v) is 3.48. The van der Waals surface area contributed by atoms with E-state index in [9.17, 15) is 9.59 Å². The van der Waals surface area contributed by atoms with Gasteiger partial charge in [0.15, 0.2) is 6.10 Å². The molecule has 0 saturated carbocycles. The van der Waals surface area contributed by atoms with Crippen LogP contribution in [-0.4, -0.2) is 61.0 Å². The second-order valence-corrected chi connectivity index (χ2v) is 7.32. The summed E-state index contributed by atoms with van der Waals surface area (Å²) >= 11 is 5.88. The molecule has 2 amide bonds. The smallest absolute Gasteiger partial charge is 0.263 e. The lowest BCUT2D eigenvalue weighted by Gasteiger charge is -2.25. The van der Waals surface area contributed by atoms with Gasteiger partial charge in [-0.1, -0.05) is 23.7 Å². The van der Waals surface area contributed by atoms with Crippen molar-refractivity contribution < 1.29 is 19.1 Å². The number of carbonyl (C=O) groups is 2. The summed E-state index contributed by atoms with van der Waals surface area (Å²) in [6.45, 7) is 3.85. The van der Waals surface area contributed by atoms with E-state index in [0.717, 1.165) is 0 Å². The van der Waals surface area contributed by atoms with Gasteiger partial charge in [-0.3, -0.25) is 9.59 Å². The van der Waals surface area contributed by atoms with Crippen molar-refractivity contribution in [3.63, 3.8) is 0 Å². The van der Waals surface area contributed by atoms with Crippen LogP contribution in [0, 0.1) is 0 Å². The maximum Gasteiger partial charge on any atom is 0.263 e. The molecule has 1 aliphatic heterocycles. The van der Waals surface area contributed by atoms with E-state index in [1.807, 2.05) is 12.1 Å². The second-order valence-electron chi connectivity index (χ2n) is 6.89. The molecular formula is C22H25ClN2O4. The van der Waals surface area contributed by atoms with Crippen LogP contribution in [0.5, 0.6) is 11.5 Å². The largest absolute Gasteiger partial charge is 0.496 e. The van der Waals surface area contributed by atoms with Gasteiger partial charge in [0.2, 0.25) is 0 Å². The molecule has 1 saturated heterocycles.